The molecule has 0 aliphatic carbocycles. The Morgan fingerprint density at radius 1 is 1.39 bits per heavy atom. The van der Waals surface area contributed by atoms with Crippen molar-refractivity contribution in [1.29, 1.82) is 0 Å². The van der Waals surface area contributed by atoms with Gasteiger partial charge in [0.05, 0.1) is 0 Å². The van der Waals surface area contributed by atoms with Gasteiger partial charge in [-0.15, -0.1) is 0 Å². The summed E-state index contributed by atoms with van der Waals surface area (Å²) in [6.45, 7) is 6.34. The summed E-state index contributed by atoms with van der Waals surface area (Å²) in [6, 6.07) is 4.12. The van der Waals surface area contributed by atoms with Crippen LogP contribution in [-0.4, -0.2) is 25.6 Å². The lowest BCUT2D eigenvalue weighted by atomic mass is 10.0. The molecule has 0 radical (unpaired) electrons. The topological polar surface area (TPSA) is 64.3 Å². The van der Waals surface area contributed by atoms with Crippen molar-refractivity contribution in [3.63, 3.8) is 0 Å². The third-order valence-corrected chi connectivity index (χ3v) is 2.86. The molecule has 4 heteroatoms. The quantitative estimate of drug-likeness (QED) is 0.828. The largest absolute Gasteiger partial charge is 0.480 e. The Morgan fingerprint density at radius 2 is 1.94 bits per heavy atom. The van der Waals surface area contributed by atoms with Crippen LogP contribution in [0.4, 0.5) is 0 Å². The van der Waals surface area contributed by atoms with Crippen molar-refractivity contribution in [1.82, 2.24) is 5.32 Å². The summed E-state index contributed by atoms with van der Waals surface area (Å²) in [5, 5.41) is 2.58. The lowest BCUT2D eigenvalue weighted by molar-refractivity contribution is -0.126. The maximum absolute atomic E-state index is 11.5. The van der Waals surface area contributed by atoms with Crippen LogP contribution in [0.1, 0.15) is 23.6 Å². The van der Waals surface area contributed by atoms with Gasteiger partial charge in [-0.25, -0.2) is 0 Å². The first-order valence-corrected chi connectivity index (χ1v) is 6.18. The highest BCUT2D eigenvalue weighted by molar-refractivity contribution is 5.80. The van der Waals surface area contributed by atoms with Gasteiger partial charge in [-0.05, 0) is 50.4 Å². The molecular formula is C14H22N2O2. The monoisotopic (exact) mass is 250 g/mol. The normalized spacial score (nSPS) is 12.1. The molecule has 0 heterocycles. The SMILES string of the molecule is CNC(=O)C(C)Oc1c(C)cc(CCN)cc1C. The number of carbonyl (C=O) groups is 1. The standard InChI is InChI=1S/C14H22N2O2/c1-9-7-12(5-6-15)8-10(2)13(9)18-11(3)14(17)16-4/h7-8,11H,5-6,15H2,1-4H3,(H,16,17). The maximum Gasteiger partial charge on any atom is 0.260 e. The zero-order valence-corrected chi connectivity index (χ0v) is 11.5. The predicted octanol–water partition coefficient (Wildman–Crippen LogP) is 1.32. The van der Waals surface area contributed by atoms with Crippen molar-refractivity contribution in [3.05, 3.63) is 28.8 Å². The van der Waals surface area contributed by atoms with Gasteiger partial charge in [0.25, 0.3) is 5.91 Å². The lowest BCUT2D eigenvalue weighted by Crippen LogP contribution is -2.34. The number of amides is 1. The Kier molecular flexibility index (Phi) is 5.16. The highest BCUT2D eigenvalue weighted by Crippen LogP contribution is 2.26. The zero-order valence-electron chi connectivity index (χ0n) is 11.5. The molecule has 3 N–H and O–H groups in total. The van der Waals surface area contributed by atoms with Crippen molar-refractivity contribution in [3.8, 4) is 5.75 Å². The van der Waals surface area contributed by atoms with Crippen LogP contribution in [0, 0.1) is 13.8 Å². The summed E-state index contributed by atoms with van der Waals surface area (Å²) < 4.78 is 5.72. The Balaban J connectivity index is 2.93. The molecule has 4 nitrogen and oxygen atoms in total. The first-order valence-electron chi connectivity index (χ1n) is 6.18. The van der Waals surface area contributed by atoms with Crippen LogP contribution in [0.3, 0.4) is 0 Å². The summed E-state index contributed by atoms with van der Waals surface area (Å²) in [5.74, 6) is 0.659. The highest BCUT2D eigenvalue weighted by atomic mass is 16.5. The van der Waals surface area contributed by atoms with Gasteiger partial charge in [0.15, 0.2) is 6.10 Å². The van der Waals surface area contributed by atoms with Crippen molar-refractivity contribution in [2.24, 2.45) is 5.73 Å². The number of ether oxygens (including phenoxy) is 1. The molecule has 0 aliphatic heterocycles. The smallest absolute Gasteiger partial charge is 0.260 e. The van der Waals surface area contributed by atoms with Gasteiger partial charge in [0, 0.05) is 7.05 Å². The summed E-state index contributed by atoms with van der Waals surface area (Å²) in [5.41, 5.74) is 8.83. The highest BCUT2D eigenvalue weighted by Gasteiger charge is 2.15. The second kappa shape index (κ2) is 6.40. The third-order valence-electron chi connectivity index (χ3n) is 2.86. The molecule has 18 heavy (non-hydrogen) atoms. The van der Waals surface area contributed by atoms with Gasteiger partial charge in [0.2, 0.25) is 0 Å². The summed E-state index contributed by atoms with van der Waals surface area (Å²) in [6.07, 6.45) is 0.361. The minimum Gasteiger partial charge on any atom is -0.480 e. The van der Waals surface area contributed by atoms with Gasteiger partial charge in [-0.3, -0.25) is 4.79 Å². The number of nitrogens with one attached hydrogen (secondary N) is 1. The molecule has 1 amide bonds. The fourth-order valence-electron chi connectivity index (χ4n) is 1.97. The van der Waals surface area contributed by atoms with Crippen molar-refractivity contribution in [2.45, 2.75) is 33.3 Å². The molecule has 0 aliphatic rings. The molecule has 0 fully saturated rings. The van der Waals surface area contributed by atoms with Crippen LogP contribution in [0.25, 0.3) is 0 Å². The van der Waals surface area contributed by atoms with Crippen molar-refractivity contribution >= 4 is 5.91 Å². The molecule has 0 saturated carbocycles. The number of hydrogen-bond acceptors (Lipinski definition) is 3. The van der Waals surface area contributed by atoms with E-state index in [1.807, 2.05) is 13.8 Å². The van der Waals surface area contributed by atoms with E-state index in [-0.39, 0.29) is 5.91 Å². The van der Waals surface area contributed by atoms with Crippen LogP contribution in [-0.2, 0) is 11.2 Å². The van der Waals surface area contributed by atoms with E-state index in [9.17, 15) is 4.79 Å². The Morgan fingerprint density at radius 3 is 2.39 bits per heavy atom. The van der Waals surface area contributed by atoms with Gasteiger partial charge in [-0.2, -0.15) is 0 Å². The van der Waals surface area contributed by atoms with Crippen LogP contribution in [0.15, 0.2) is 12.1 Å². The average Bonchev–Trinajstić information content (AvgIpc) is 2.33. The first kappa shape index (κ1) is 14.5. The molecule has 1 unspecified atom stereocenters. The number of rotatable bonds is 5. The minimum atomic E-state index is -0.493. The van der Waals surface area contributed by atoms with E-state index in [1.165, 1.54) is 5.56 Å². The fraction of sp³-hybridized carbons (Fsp3) is 0.500. The van der Waals surface area contributed by atoms with Crippen LogP contribution < -0.4 is 15.8 Å². The van der Waals surface area contributed by atoms with Crippen LogP contribution >= 0.6 is 0 Å². The summed E-state index contributed by atoms with van der Waals surface area (Å²) in [7, 11) is 1.60. The molecule has 100 valence electrons. The molecule has 0 aromatic heterocycles. The minimum absolute atomic E-state index is 0.125. The predicted molar refractivity (Wildman–Crippen MR) is 72.8 cm³/mol. The van der Waals surface area contributed by atoms with E-state index in [4.69, 9.17) is 10.5 Å². The van der Waals surface area contributed by atoms with Gasteiger partial charge >= 0.3 is 0 Å². The Bertz CT molecular complexity index is 407. The van der Waals surface area contributed by atoms with Crippen LogP contribution in [0.5, 0.6) is 5.75 Å². The molecule has 1 aromatic carbocycles. The van der Waals surface area contributed by atoms with E-state index in [2.05, 4.69) is 17.4 Å². The van der Waals surface area contributed by atoms with Crippen molar-refractivity contribution in [2.75, 3.05) is 13.6 Å². The van der Waals surface area contributed by atoms with Gasteiger partial charge in [-0.1, -0.05) is 12.1 Å². The van der Waals surface area contributed by atoms with E-state index >= 15 is 0 Å². The molecular weight excluding hydrogens is 228 g/mol. The van der Waals surface area contributed by atoms with E-state index in [0.29, 0.717) is 6.54 Å². The molecule has 0 spiro atoms. The Hall–Kier alpha value is -1.55. The second-order valence-electron chi connectivity index (χ2n) is 4.47. The lowest BCUT2D eigenvalue weighted by Gasteiger charge is -2.18. The number of hydrogen-bond donors (Lipinski definition) is 2. The number of aryl methyl sites for hydroxylation is 2. The number of benzene rings is 1. The third kappa shape index (κ3) is 3.47. The summed E-state index contributed by atoms with van der Waals surface area (Å²) in [4.78, 5) is 11.5. The van der Waals surface area contributed by atoms with Gasteiger partial charge < -0.3 is 15.8 Å². The Labute approximate surface area is 109 Å². The number of nitrogens with two attached hydrogens (primary N) is 1. The summed E-state index contributed by atoms with van der Waals surface area (Å²) >= 11 is 0. The van der Waals surface area contributed by atoms with E-state index in [0.717, 1.165) is 23.3 Å². The average molecular weight is 250 g/mol. The molecule has 0 bridgehead atoms. The number of likely N-dealkylation sites (N-methyl/N-ethyl adjacent to an activating group) is 1. The van der Waals surface area contributed by atoms with Crippen LogP contribution in [0.2, 0.25) is 0 Å². The molecule has 0 saturated heterocycles. The van der Waals surface area contributed by atoms with Gasteiger partial charge in [0.1, 0.15) is 5.75 Å². The van der Waals surface area contributed by atoms with Crippen molar-refractivity contribution < 1.29 is 9.53 Å². The first-order chi connectivity index (χ1) is 8.49. The molecule has 1 atom stereocenters. The second-order valence-corrected chi connectivity index (χ2v) is 4.47. The van der Waals surface area contributed by atoms with E-state index in [1.54, 1.807) is 14.0 Å². The zero-order chi connectivity index (χ0) is 13.7. The fourth-order valence-corrected chi connectivity index (χ4v) is 1.97. The number of carbonyl (C=O) groups excluding carboxylic acids is 1. The molecule has 1 rings (SSSR count). The molecule has 1 aromatic rings. The van der Waals surface area contributed by atoms with E-state index < -0.39 is 6.10 Å². The maximum atomic E-state index is 11.5.